The highest BCUT2D eigenvalue weighted by Gasteiger charge is 2.07. The molecule has 0 aliphatic heterocycles. The summed E-state index contributed by atoms with van der Waals surface area (Å²) in [6, 6.07) is 24.0. The Bertz CT molecular complexity index is 1000. The summed E-state index contributed by atoms with van der Waals surface area (Å²) in [6.07, 6.45) is 2.20. The SMILES string of the molecule is O=C(O)COc1ccc(SC/C=C(/c2ccccc2)c2ccc(I)cc2)c(Cl)c1. The molecule has 0 heterocycles. The van der Waals surface area contributed by atoms with E-state index in [4.69, 9.17) is 21.4 Å². The molecule has 0 fully saturated rings. The van der Waals surface area contributed by atoms with Gasteiger partial charge in [0.05, 0.1) is 5.02 Å². The van der Waals surface area contributed by atoms with Crippen LogP contribution in [0.15, 0.2) is 83.8 Å². The van der Waals surface area contributed by atoms with E-state index in [1.54, 1.807) is 23.9 Å². The molecule has 148 valence electrons. The quantitative estimate of drug-likeness (QED) is 0.259. The summed E-state index contributed by atoms with van der Waals surface area (Å²) in [4.78, 5) is 11.5. The molecule has 1 N–H and O–H groups in total. The lowest BCUT2D eigenvalue weighted by atomic mass is 9.98. The molecule has 0 radical (unpaired) electrons. The smallest absolute Gasteiger partial charge is 0.341 e. The molecule has 0 spiro atoms. The van der Waals surface area contributed by atoms with Crippen LogP contribution in [0, 0.1) is 3.57 Å². The first kappa shape index (κ1) is 21.7. The van der Waals surface area contributed by atoms with E-state index in [2.05, 4.69) is 65.1 Å². The molecule has 0 unspecified atom stereocenters. The fraction of sp³-hybridized carbons (Fsp3) is 0.0870. The monoisotopic (exact) mass is 536 g/mol. The van der Waals surface area contributed by atoms with Gasteiger partial charge in [-0.3, -0.25) is 0 Å². The van der Waals surface area contributed by atoms with Crippen molar-refractivity contribution in [2.45, 2.75) is 4.90 Å². The fourth-order valence-corrected chi connectivity index (χ4v) is 4.18. The highest BCUT2D eigenvalue weighted by molar-refractivity contribution is 14.1. The molecule has 0 aliphatic rings. The number of ether oxygens (including phenoxy) is 1. The zero-order chi connectivity index (χ0) is 20.6. The molecular weight excluding hydrogens is 519 g/mol. The van der Waals surface area contributed by atoms with Crippen molar-refractivity contribution in [1.82, 2.24) is 0 Å². The van der Waals surface area contributed by atoms with Gasteiger partial charge in [-0.25, -0.2) is 4.79 Å². The lowest BCUT2D eigenvalue weighted by Gasteiger charge is -2.10. The molecular formula is C23H18ClIO3S. The Labute approximate surface area is 192 Å². The lowest BCUT2D eigenvalue weighted by Crippen LogP contribution is -2.09. The van der Waals surface area contributed by atoms with Crippen LogP contribution in [-0.2, 0) is 4.79 Å². The predicted octanol–water partition coefficient (Wildman–Crippen LogP) is 6.63. The number of benzene rings is 3. The summed E-state index contributed by atoms with van der Waals surface area (Å²) in [5.41, 5.74) is 3.51. The standard InChI is InChI=1S/C23H18ClIO3S/c24-21-14-19(28-15-23(26)27)10-11-22(21)29-13-12-20(16-4-2-1-3-5-16)17-6-8-18(25)9-7-17/h1-12,14H,13,15H2,(H,26,27)/b20-12-. The average molecular weight is 537 g/mol. The van der Waals surface area contributed by atoms with Gasteiger partial charge in [0.15, 0.2) is 6.61 Å². The van der Waals surface area contributed by atoms with Crippen molar-refractivity contribution in [1.29, 1.82) is 0 Å². The van der Waals surface area contributed by atoms with E-state index in [0.717, 1.165) is 16.2 Å². The van der Waals surface area contributed by atoms with Gasteiger partial charge in [-0.2, -0.15) is 0 Å². The van der Waals surface area contributed by atoms with E-state index in [9.17, 15) is 4.79 Å². The molecule has 6 heteroatoms. The van der Waals surface area contributed by atoms with Crippen LogP contribution in [0.2, 0.25) is 5.02 Å². The summed E-state index contributed by atoms with van der Waals surface area (Å²) in [6.45, 7) is -0.387. The van der Waals surface area contributed by atoms with Gasteiger partial charge >= 0.3 is 5.97 Å². The number of carboxylic acids is 1. The number of carboxylic acid groups (broad SMARTS) is 1. The van der Waals surface area contributed by atoms with Gasteiger partial charge in [0.2, 0.25) is 0 Å². The number of rotatable bonds is 8. The molecule has 0 amide bonds. The molecule has 0 atom stereocenters. The van der Waals surface area contributed by atoms with Gasteiger partial charge in [0.1, 0.15) is 5.75 Å². The number of carbonyl (C=O) groups is 1. The van der Waals surface area contributed by atoms with Gasteiger partial charge in [0, 0.05) is 14.2 Å². The predicted molar refractivity (Wildman–Crippen MR) is 128 cm³/mol. The van der Waals surface area contributed by atoms with Crippen LogP contribution in [0.4, 0.5) is 0 Å². The van der Waals surface area contributed by atoms with Crippen LogP contribution in [0.3, 0.4) is 0 Å². The second kappa shape index (κ2) is 10.7. The maximum absolute atomic E-state index is 10.6. The first-order valence-electron chi connectivity index (χ1n) is 8.81. The second-order valence-corrected chi connectivity index (χ2v) is 8.79. The highest BCUT2D eigenvalue weighted by atomic mass is 127. The number of hydrogen-bond donors (Lipinski definition) is 1. The third-order valence-electron chi connectivity index (χ3n) is 4.03. The normalized spacial score (nSPS) is 11.3. The number of hydrogen-bond acceptors (Lipinski definition) is 3. The molecule has 0 saturated carbocycles. The van der Waals surface area contributed by atoms with Gasteiger partial charge in [-0.05, 0) is 69.6 Å². The Balaban J connectivity index is 1.76. The van der Waals surface area contributed by atoms with E-state index in [0.29, 0.717) is 10.8 Å². The minimum Gasteiger partial charge on any atom is -0.482 e. The van der Waals surface area contributed by atoms with Crippen LogP contribution < -0.4 is 4.74 Å². The van der Waals surface area contributed by atoms with E-state index in [1.165, 1.54) is 14.7 Å². The summed E-state index contributed by atoms with van der Waals surface area (Å²) in [5.74, 6) is 0.167. The lowest BCUT2D eigenvalue weighted by molar-refractivity contribution is -0.139. The van der Waals surface area contributed by atoms with E-state index < -0.39 is 5.97 Å². The minimum absolute atomic E-state index is 0.387. The van der Waals surface area contributed by atoms with Crippen LogP contribution >= 0.6 is 46.0 Å². The summed E-state index contributed by atoms with van der Waals surface area (Å²) in [5, 5.41) is 9.24. The van der Waals surface area contributed by atoms with Crippen LogP contribution in [0.5, 0.6) is 5.75 Å². The molecule has 3 aromatic carbocycles. The topological polar surface area (TPSA) is 46.5 Å². The molecule has 3 aromatic rings. The zero-order valence-electron chi connectivity index (χ0n) is 15.3. The summed E-state index contributed by atoms with van der Waals surface area (Å²) < 4.78 is 6.36. The van der Waals surface area contributed by atoms with Crippen molar-refractivity contribution < 1.29 is 14.6 Å². The van der Waals surface area contributed by atoms with Gasteiger partial charge in [-0.1, -0.05) is 60.1 Å². The number of thioether (sulfide) groups is 1. The average Bonchev–Trinajstić information content (AvgIpc) is 2.72. The van der Waals surface area contributed by atoms with E-state index in [-0.39, 0.29) is 6.61 Å². The van der Waals surface area contributed by atoms with Crippen LogP contribution in [0.25, 0.3) is 5.57 Å². The fourth-order valence-electron chi connectivity index (χ4n) is 2.70. The van der Waals surface area contributed by atoms with Crippen LogP contribution in [0.1, 0.15) is 11.1 Å². The number of halogens is 2. The van der Waals surface area contributed by atoms with Crippen molar-refractivity contribution in [3.63, 3.8) is 0 Å². The van der Waals surface area contributed by atoms with Crippen molar-refractivity contribution in [3.8, 4) is 5.75 Å². The van der Waals surface area contributed by atoms with Crippen molar-refractivity contribution >= 4 is 57.5 Å². The third kappa shape index (κ3) is 6.52. The Morgan fingerprint density at radius 3 is 2.38 bits per heavy atom. The minimum atomic E-state index is -1.02. The highest BCUT2D eigenvalue weighted by Crippen LogP contribution is 2.32. The first-order valence-corrected chi connectivity index (χ1v) is 11.3. The maximum atomic E-state index is 10.6. The maximum Gasteiger partial charge on any atom is 0.341 e. The molecule has 3 rings (SSSR count). The Morgan fingerprint density at radius 1 is 1.03 bits per heavy atom. The van der Waals surface area contributed by atoms with E-state index in [1.807, 2.05) is 24.3 Å². The number of aliphatic carboxylic acids is 1. The Kier molecular flexibility index (Phi) is 8.03. The summed E-state index contributed by atoms with van der Waals surface area (Å²) >= 11 is 10.3. The molecule has 0 saturated heterocycles. The first-order chi connectivity index (χ1) is 14.0. The van der Waals surface area contributed by atoms with Gasteiger partial charge < -0.3 is 9.84 Å². The molecule has 0 aromatic heterocycles. The van der Waals surface area contributed by atoms with Crippen molar-refractivity contribution in [2.75, 3.05) is 12.4 Å². The van der Waals surface area contributed by atoms with Gasteiger partial charge in [-0.15, -0.1) is 11.8 Å². The largest absolute Gasteiger partial charge is 0.482 e. The summed E-state index contributed by atoms with van der Waals surface area (Å²) in [7, 11) is 0. The molecule has 29 heavy (non-hydrogen) atoms. The van der Waals surface area contributed by atoms with E-state index >= 15 is 0 Å². The molecule has 0 bridgehead atoms. The Hall–Kier alpha value is -1.96. The molecule has 0 aliphatic carbocycles. The van der Waals surface area contributed by atoms with Crippen molar-refractivity contribution in [2.24, 2.45) is 0 Å². The third-order valence-corrected chi connectivity index (χ3v) is 6.18. The van der Waals surface area contributed by atoms with Crippen molar-refractivity contribution in [3.05, 3.63) is 98.6 Å². The zero-order valence-corrected chi connectivity index (χ0v) is 19.1. The molecule has 3 nitrogen and oxygen atoms in total. The van der Waals surface area contributed by atoms with Gasteiger partial charge in [0.25, 0.3) is 0 Å². The Morgan fingerprint density at radius 2 is 1.72 bits per heavy atom. The second-order valence-electron chi connectivity index (χ2n) is 6.08. The van der Waals surface area contributed by atoms with Crippen LogP contribution in [-0.4, -0.2) is 23.4 Å².